The first kappa shape index (κ1) is 17.1. The van der Waals surface area contributed by atoms with Gasteiger partial charge in [0.2, 0.25) is 0 Å². The fraction of sp³-hybridized carbons (Fsp3) is 0.211. The summed E-state index contributed by atoms with van der Waals surface area (Å²) >= 11 is 0. The number of benzene rings is 2. The van der Waals surface area contributed by atoms with E-state index < -0.39 is 17.4 Å². The highest BCUT2D eigenvalue weighted by Crippen LogP contribution is 2.31. The Morgan fingerprint density at radius 3 is 2.48 bits per heavy atom. The van der Waals surface area contributed by atoms with Gasteiger partial charge in [-0.3, -0.25) is 0 Å². The van der Waals surface area contributed by atoms with Gasteiger partial charge in [0.15, 0.2) is 0 Å². The molecule has 0 aliphatic rings. The average Bonchev–Trinajstić information content (AvgIpc) is 2.54. The quantitative estimate of drug-likeness (QED) is 0.675. The molecule has 0 atom stereocenters. The Balaban J connectivity index is 1.94. The standard InChI is InChI=1S/C19H16F3NO2/c1-11-6-16-13(8-18(24)25-17(16)7-12(11)2)10-23-15-5-3-4-14(9-15)19(20,21)22/h3-9,23H,10H2,1-2H3. The maximum atomic E-state index is 12.8. The molecule has 0 fully saturated rings. The van der Waals surface area contributed by atoms with Gasteiger partial charge in [-0.1, -0.05) is 6.07 Å². The molecule has 0 unspecified atom stereocenters. The Hall–Kier alpha value is -2.76. The minimum atomic E-state index is -4.40. The van der Waals surface area contributed by atoms with E-state index >= 15 is 0 Å². The number of nitrogens with one attached hydrogen (secondary N) is 1. The third kappa shape index (κ3) is 3.68. The monoisotopic (exact) mass is 347 g/mol. The first-order valence-corrected chi connectivity index (χ1v) is 7.69. The molecule has 1 heterocycles. The molecule has 0 saturated carbocycles. The molecule has 0 aliphatic heterocycles. The van der Waals surface area contributed by atoms with Crippen molar-refractivity contribution in [1.29, 1.82) is 0 Å². The molecule has 0 amide bonds. The molecular formula is C19H16F3NO2. The highest BCUT2D eigenvalue weighted by Gasteiger charge is 2.30. The van der Waals surface area contributed by atoms with Crippen molar-refractivity contribution in [3.8, 4) is 0 Å². The molecule has 3 rings (SSSR count). The summed E-state index contributed by atoms with van der Waals surface area (Å²) in [5, 5.41) is 3.71. The molecule has 0 spiro atoms. The van der Waals surface area contributed by atoms with Gasteiger partial charge in [0.1, 0.15) is 5.58 Å². The van der Waals surface area contributed by atoms with Crippen LogP contribution in [0, 0.1) is 13.8 Å². The number of rotatable bonds is 3. The zero-order chi connectivity index (χ0) is 18.2. The van der Waals surface area contributed by atoms with Gasteiger partial charge in [0.25, 0.3) is 0 Å². The van der Waals surface area contributed by atoms with Crippen molar-refractivity contribution in [3.63, 3.8) is 0 Å². The first-order chi connectivity index (χ1) is 11.7. The lowest BCUT2D eigenvalue weighted by atomic mass is 10.0. The molecule has 130 valence electrons. The van der Waals surface area contributed by atoms with Crippen LogP contribution >= 0.6 is 0 Å². The van der Waals surface area contributed by atoms with Gasteiger partial charge in [0.05, 0.1) is 5.56 Å². The van der Waals surface area contributed by atoms with E-state index in [1.54, 1.807) is 12.1 Å². The normalized spacial score (nSPS) is 11.7. The topological polar surface area (TPSA) is 42.2 Å². The van der Waals surface area contributed by atoms with Crippen molar-refractivity contribution in [1.82, 2.24) is 0 Å². The van der Waals surface area contributed by atoms with Crippen LogP contribution in [0.1, 0.15) is 22.3 Å². The molecule has 25 heavy (non-hydrogen) atoms. The highest BCUT2D eigenvalue weighted by molar-refractivity contribution is 5.82. The van der Waals surface area contributed by atoms with Gasteiger partial charge in [0, 0.05) is 23.7 Å². The molecule has 3 nitrogen and oxygen atoms in total. The van der Waals surface area contributed by atoms with Crippen LogP contribution in [0.2, 0.25) is 0 Å². The van der Waals surface area contributed by atoms with E-state index in [1.165, 1.54) is 12.1 Å². The number of anilines is 1. The lowest BCUT2D eigenvalue weighted by molar-refractivity contribution is -0.137. The zero-order valence-corrected chi connectivity index (χ0v) is 13.7. The molecule has 0 radical (unpaired) electrons. The molecule has 1 aromatic heterocycles. The zero-order valence-electron chi connectivity index (χ0n) is 13.7. The fourth-order valence-corrected chi connectivity index (χ4v) is 2.63. The number of alkyl halides is 3. The Morgan fingerprint density at radius 2 is 1.76 bits per heavy atom. The van der Waals surface area contributed by atoms with Crippen LogP contribution in [0.5, 0.6) is 0 Å². The maximum absolute atomic E-state index is 12.8. The molecule has 0 bridgehead atoms. The Morgan fingerprint density at radius 1 is 1.04 bits per heavy atom. The van der Waals surface area contributed by atoms with Crippen molar-refractivity contribution in [3.05, 3.63) is 75.1 Å². The van der Waals surface area contributed by atoms with Crippen LogP contribution in [-0.2, 0) is 12.7 Å². The second-order valence-corrected chi connectivity index (χ2v) is 5.96. The van der Waals surface area contributed by atoms with Crippen LogP contribution in [-0.4, -0.2) is 0 Å². The Kier molecular flexibility index (Phi) is 4.29. The third-order valence-electron chi connectivity index (χ3n) is 4.12. The van der Waals surface area contributed by atoms with E-state index in [9.17, 15) is 18.0 Å². The summed E-state index contributed by atoms with van der Waals surface area (Å²) in [5.74, 6) is 0. The predicted molar refractivity (Wildman–Crippen MR) is 90.7 cm³/mol. The van der Waals surface area contributed by atoms with E-state index in [1.807, 2.05) is 19.9 Å². The summed E-state index contributed by atoms with van der Waals surface area (Å²) in [6, 6.07) is 10.0. The van der Waals surface area contributed by atoms with Gasteiger partial charge in [-0.25, -0.2) is 4.79 Å². The van der Waals surface area contributed by atoms with Crippen LogP contribution in [0.25, 0.3) is 11.0 Å². The first-order valence-electron chi connectivity index (χ1n) is 7.69. The van der Waals surface area contributed by atoms with Crippen molar-refractivity contribution in [2.45, 2.75) is 26.6 Å². The molecule has 2 aromatic carbocycles. The summed E-state index contributed by atoms with van der Waals surface area (Å²) in [5.41, 5.74) is 2.31. The highest BCUT2D eigenvalue weighted by atomic mass is 19.4. The number of halogens is 3. The van der Waals surface area contributed by atoms with Crippen molar-refractivity contribution in [2.24, 2.45) is 0 Å². The second kappa shape index (κ2) is 6.27. The Labute approximate surface area is 142 Å². The number of aryl methyl sites for hydroxylation is 2. The molecule has 1 N–H and O–H groups in total. The maximum Gasteiger partial charge on any atom is 0.416 e. The van der Waals surface area contributed by atoms with E-state index in [4.69, 9.17) is 4.42 Å². The summed E-state index contributed by atoms with van der Waals surface area (Å²) < 4.78 is 43.6. The van der Waals surface area contributed by atoms with Crippen LogP contribution < -0.4 is 10.9 Å². The van der Waals surface area contributed by atoms with Crippen LogP contribution in [0.3, 0.4) is 0 Å². The van der Waals surface area contributed by atoms with Crippen molar-refractivity contribution in [2.75, 3.05) is 5.32 Å². The molecule has 3 aromatic rings. The number of hydrogen-bond donors (Lipinski definition) is 1. The van der Waals surface area contributed by atoms with Gasteiger partial charge in [-0.15, -0.1) is 0 Å². The number of fused-ring (bicyclic) bond motifs is 1. The van der Waals surface area contributed by atoms with Gasteiger partial charge < -0.3 is 9.73 Å². The number of hydrogen-bond acceptors (Lipinski definition) is 3. The lowest BCUT2D eigenvalue weighted by Gasteiger charge is -2.12. The van der Waals surface area contributed by atoms with E-state index in [2.05, 4.69) is 5.32 Å². The summed E-state index contributed by atoms with van der Waals surface area (Å²) in [6.07, 6.45) is -4.40. The molecule has 6 heteroatoms. The molecule has 0 saturated heterocycles. The lowest BCUT2D eigenvalue weighted by Crippen LogP contribution is -2.08. The van der Waals surface area contributed by atoms with Gasteiger partial charge in [-0.2, -0.15) is 13.2 Å². The van der Waals surface area contributed by atoms with Gasteiger partial charge in [-0.05, 0) is 60.9 Å². The minimum absolute atomic E-state index is 0.214. The van der Waals surface area contributed by atoms with E-state index in [-0.39, 0.29) is 6.54 Å². The minimum Gasteiger partial charge on any atom is -0.423 e. The molecular weight excluding hydrogens is 331 g/mol. The van der Waals surface area contributed by atoms with E-state index in [0.717, 1.165) is 28.6 Å². The summed E-state index contributed by atoms with van der Waals surface area (Å²) in [6.45, 7) is 4.08. The van der Waals surface area contributed by atoms with Crippen molar-refractivity contribution >= 4 is 16.7 Å². The van der Waals surface area contributed by atoms with Gasteiger partial charge >= 0.3 is 11.8 Å². The van der Waals surface area contributed by atoms with Crippen LogP contribution in [0.15, 0.2) is 51.7 Å². The van der Waals surface area contributed by atoms with Crippen LogP contribution in [0.4, 0.5) is 18.9 Å². The molecule has 0 aliphatic carbocycles. The largest absolute Gasteiger partial charge is 0.423 e. The second-order valence-electron chi connectivity index (χ2n) is 5.96. The smallest absolute Gasteiger partial charge is 0.416 e. The summed E-state index contributed by atoms with van der Waals surface area (Å²) in [4.78, 5) is 11.8. The van der Waals surface area contributed by atoms with Crippen molar-refractivity contribution < 1.29 is 17.6 Å². The predicted octanol–water partition coefficient (Wildman–Crippen LogP) is 5.04. The third-order valence-corrected chi connectivity index (χ3v) is 4.12. The summed E-state index contributed by atoms with van der Waals surface area (Å²) in [7, 11) is 0. The Bertz CT molecular complexity index is 990. The fourth-order valence-electron chi connectivity index (χ4n) is 2.63. The SMILES string of the molecule is Cc1cc2oc(=O)cc(CNc3cccc(C(F)(F)F)c3)c2cc1C. The van der Waals surface area contributed by atoms with E-state index in [0.29, 0.717) is 16.8 Å². The average molecular weight is 347 g/mol.